The van der Waals surface area contributed by atoms with Crippen LogP contribution in [0.1, 0.15) is 32.2 Å². The Labute approximate surface area is 248 Å². The first-order valence-electron chi connectivity index (χ1n) is 13.2. The number of alkyl halides is 3. The largest absolute Gasteiger partial charge is 0.529 e. The molecule has 0 aliphatic heterocycles. The summed E-state index contributed by atoms with van der Waals surface area (Å²) in [5.74, 6) is -0.738. The summed E-state index contributed by atoms with van der Waals surface area (Å²) in [6, 6.07) is 3.96. The number of nitrogens with zero attached hydrogens (tertiary/aromatic N) is 5. The molecule has 232 valence electrons. The highest BCUT2D eigenvalue weighted by atomic mass is 32.2. The van der Waals surface area contributed by atoms with Crippen LogP contribution in [-0.4, -0.2) is 61.7 Å². The Morgan fingerprint density at radius 1 is 1.28 bits per heavy atom. The minimum Gasteiger partial charge on any atom is -0.369 e. The van der Waals surface area contributed by atoms with Gasteiger partial charge in [0.25, 0.3) is 0 Å². The van der Waals surface area contributed by atoms with Crippen molar-refractivity contribution in [2.45, 2.75) is 54.7 Å². The number of carbonyl (C=O) groups excluding carboxylic acids is 1. The SMILES string of the molecule is CON(c1ccc(SC(F)(F)F)cc1)[C@@H](C)C(=O)OP(=O)(O)OC[C@@H]1C=C[C@H](n2cnc3c(NC4CC4)nc(N)nc32)C1. The summed E-state index contributed by atoms with van der Waals surface area (Å²) in [7, 11) is -3.60. The van der Waals surface area contributed by atoms with Crippen molar-refractivity contribution >= 4 is 54.2 Å². The van der Waals surface area contributed by atoms with Crippen LogP contribution >= 0.6 is 19.6 Å². The van der Waals surface area contributed by atoms with Crippen LogP contribution in [0.15, 0.2) is 47.6 Å². The maximum atomic E-state index is 12.7. The third kappa shape index (κ3) is 7.78. The van der Waals surface area contributed by atoms with Crippen molar-refractivity contribution in [3.63, 3.8) is 0 Å². The summed E-state index contributed by atoms with van der Waals surface area (Å²) >= 11 is -0.288. The monoisotopic (exact) mass is 643 g/mol. The first kappa shape index (κ1) is 31.1. The number of nitrogens with two attached hydrogens (primary N) is 1. The van der Waals surface area contributed by atoms with Crippen molar-refractivity contribution in [2.75, 3.05) is 29.8 Å². The van der Waals surface area contributed by atoms with E-state index in [1.54, 1.807) is 6.33 Å². The molecule has 2 aliphatic carbocycles. The fourth-order valence-electron chi connectivity index (χ4n) is 4.56. The van der Waals surface area contributed by atoms with Gasteiger partial charge in [0.05, 0.1) is 31.8 Å². The summed E-state index contributed by atoms with van der Waals surface area (Å²) in [6.07, 6.45) is 7.95. The number of nitrogens with one attached hydrogen (secondary N) is 1. The molecule has 1 unspecified atom stereocenters. The highest BCUT2D eigenvalue weighted by molar-refractivity contribution is 8.00. The van der Waals surface area contributed by atoms with E-state index in [1.165, 1.54) is 38.3 Å². The molecule has 1 fully saturated rings. The van der Waals surface area contributed by atoms with Crippen LogP contribution in [0.3, 0.4) is 0 Å². The molecule has 1 aromatic carbocycles. The van der Waals surface area contributed by atoms with Crippen LogP contribution in [0.5, 0.6) is 0 Å². The molecule has 18 heteroatoms. The maximum absolute atomic E-state index is 12.7. The number of aromatic nitrogens is 4. The predicted molar refractivity (Wildman–Crippen MR) is 152 cm³/mol. The van der Waals surface area contributed by atoms with Crippen LogP contribution in [0, 0.1) is 5.92 Å². The first-order chi connectivity index (χ1) is 20.3. The summed E-state index contributed by atoms with van der Waals surface area (Å²) in [5, 5.41) is 4.34. The zero-order chi connectivity index (χ0) is 30.9. The van der Waals surface area contributed by atoms with E-state index in [1.807, 2.05) is 16.7 Å². The predicted octanol–water partition coefficient (Wildman–Crippen LogP) is 4.83. The number of rotatable bonds is 12. The molecule has 4 N–H and O–H groups in total. The molecule has 2 aromatic heterocycles. The Hall–Kier alpha value is -3.37. The Kier molecular flexibility index (Phi) is 8.90. The van der Waals surface area contributed by atoms with E-state index in [4.69, 9.17) is 19.6 Å². The van der Waals surface area contributed by atoms with Crippen molar-refractivity contribution in [2.24, 2.45) is 5.92 Å². The number of phosphoric ester groups is 1. The Morgan fingerprint density at radius 3 is 2.65 bits per heavy atom. The average Bonchev–Trinajstić information content (AvgIpc) is 3.44. The van der Waals surface area contributed by atoms with Gasteiger partial charge in [-0.25, -0.2) is 19.4 Å². The third-order valence-corrected chi connectivity index (χ3v) is 8.36. The van der Waals surface area contributed by atoms with Gasteiger partial charge in [0.1, 0.15) is 0 Å². The normalized spacial score (nSPS) is 20.6. The van der Waals surface area contributed by atoms with Gasteiger partial charge >= 0.3 is 19.3 Å². The molecule has 0 amide bonds. The van der Waals surface area contributed by atoms with Gasteiger partial charge in [0.15, 0.2) is 23.0 Å². The highest BCUT2D eigenvalue weighted by Crippen LogP contribution is 2.46. The van der Waals surface area contributed by atoms with Crippen LogP contribution in [-0.2, 0) is 23.2 Å². The molecular weight excluding hydrogens is 614 g/mol. The number of nitrogen functional groups attached to an aromatic ring is 1. The van der Waals surface area contributed by atoms with Gasteiger partial charge in [-0.1, -0.05) is 12.2 Å². The lowest BCUT2D eigenvalue weighted by Crippen LogP contribution is -2.39. The lowest BCUT2D eigenvalue weighted by molar-refractivity contribution is -0.139. The number of carbonyl (C=O) groups is 1. The van der Waals surface area contributed by atoms with Crippen LogP contribution in [0.2, 0.25) is 0 Å². The van der Waals surface area contributed by atoms with Gasteiger partial charge in [-0.05, 0) is 62.2 Å². The lowest BCUT2D eigenvalue weighted by Gasteiger charge is -2.27. The van der Waals surface area contributed by atoms with Gasteiger partial charge in [-0.3, -0.25) is 14.3 Å². The Balaban J connectivity index is 1.15. The molecule has 1 saturated carbocycles. The molecule has 2 aliphatic rings. The van der Waals surface area contributed by atoms with Crippen LogP contribution < -0.4 is 16.1 Å². The smallest absolute Gasteiger partial charge is 0.369 e. The molecular formula is C25H29F3N7O6PS. The topological polar surface area (TPSA) is 167 Å². The summed E-state index contributed by atoms with van der Waals surface area (Å²) < 4.78 is 62.2. The van der Waals surface area contributed by atoms with Crippen molar-refractivity contribution in [3.8, 4) is 0 Å². The molecule has 0 spiro atoms. The second-order valence-corrected chi connectivity index (χ2v) is 12.5. The van der Waals surface area contributed by atoms with Gasteiger partial charge in [0.2, 0.25) is 5.95 Å². The van der Waals surface area contributed by atoms with Crippen molar-refractivity contribution in [1.29, 1.82) is 0 Å². The highest BCUT2D eigenvalue weighted by Gasteiger charge is 2.35. The summed E-state index contributed by atoms with van der Waals surface area (Å²) in [6.45, 7) is 1.12. The number of anilines is 3. The van der Waals surface area contributed by atoms with E-state index in [9.17, 15) is 27.4 Å². The van der Waals surface area contributed by atoms with E-state index < -0.39 is 25.3 Å². The number of hydroxylamine groups is 1. The molecule has 2 heterocycles. The number of imidazole rings is 1. The second-order valence-electron chi connectivity index (χ2n) is 10.0. The number of phosphoric acid groups is 1. The molecule has 0 saturated heterocycles. The molecule has 43 heavy (non-hydrogen) atoms. The van der Waals surface area contributed by atoms with E-state index in [2.05, 4.69) is 20.3 Å². The van der Waals surface area contributed by atoms with Gasteiger partial charge in [-0.15, -0.1) is 0 Å². The van der Waals surface area contributed by atoms with Crippen LogP contribution in [0.25, 0.3) is 11.2 Å². The molecule has 5 rings (SSSR count). The third-order valence-electron chi connectivity index (χ3n) is 6.74. The first-order valence-corrected chi connectivity index (χ1v) is 15.5. The van der Waals surface area contributed by atoms with Gasteiger partial charge < -0.3 is 20.1 Å². The van der Waals surface area contributed by atoms with Crippen molar-refractivity contribution < 1.29 is 41.3 Å². The van der Waals surface area contributed by atoms with E-state index in [0.717, 1.165) is 17.9 Å². The lowest BCUT2D eigenvalue weighted by atomic mass is 10.1. The zero-order valence-corrected chi connectivity index (χ0v) is 24.7. The maximum Gasteiger partial charge on any atom is 0.529 e. The molecule has 0 radical (unpaired) electrons. The number of benzene rings is 1. The number of hydrogen-bond donors (Lipinski definition) is 3. The summed E-state index contributed by atoms with van der Waals surface area (Å²) in [5.41, 5.74) is 2.85. The number of hydrogen-bond acceptors (Lipinski definition) is 12. The fourth-order valence-corrected chi connectivity index (χ4v) is 5.92. The average molecular weight is 644 g/mol. The number of halogens is 3. The fraction of sp³-hybridized carbons (Fsp3) is 0.440. The quantitative estimate of drug-likeness (QED) is 0.106. The second kappa shape index (κ2) is 12.3. The van der Waals surface area contributed by atoms with Crippen LogP contribution in [0.4, 0.5) is 30.6 Å². The number of thioether (sulfide) groups is 1. The Bertz CT molecular complexity index is 1550. The van der Waals surface area contributed by atoms with Crippen molar-refractivity contribution in [1.82, 2.24) is 19.5 Å². The summed E-state index contributed by atoms with van der Waals surface area (Å²) in [4.78, 5) is 41.1. The number of allylic oxidation sites excluding steroid dienone is 1. The van der Waals surface area contributed by atoms with Gasteiger partial charge in [-0.2, -0.15) is 23.1 Å². The molecule has 4 atom stereocenters. The van der Waals surface area contributed by atoms with E-state index in [0.29, 0.717) is 29.4 Å². The Morgan fingerprint density at radius 2 is 2.00 bits per heavy atom. The number of fused-ring (bicyclic) bond motifs is 1. The minimum atomic E-state index is -4.83. The molecule has 3 aromatic rings. The van der Waals surface area contributed by atoms with Crippen molar-refractivity contribution in [3.05, 3.63) is 42.7 Å². The zero-order valence-electron chi connectivity index (χ0n) is 23.0. The van der Waals surface area contributed by atoms with E-state index in [-0.39, 0.29) is 46.9 Å². The van der Waals surface area contributed by atoms with Gasteiger partial charge in [0, 0.05) is 16.9 Å². The minimum absolute atomic E-state index is 0.0621. The molecule has 0 bridgehead atoms. The molecule has 13 nitrogen and oxygen atoms in total. The standard InChI is InChI=1S/C25H29F3N7O6PS/c1-14(35(39-2)17-7-9-19(10-8-17)43-25(26,27)28)23(36)41-42(37,38)40-12-15-3-6-18(11-15)34-13-30-20-21(31-16-4-5-16)32-24(29)33-22(20)34/h3,6-10,13-16,18H,4-5,11-12H2,1-2H3,(H,37,38)(H3,29,31,32,33)/t14-,15+,18-/m0/s1. The van der Waals surface area contributed by atoms with E-state index >= 15 is 0 Å².